The van der Waals surface area contributed by atoms with E-state index in [9.17, 15) is 9.59 Å². The molecule has 0 aliphatic heterocycles. The van der Waals surface area contributed by atoms with Crippen molar-refractivity contribution in [3.8, 4) is 17.2 Å². The van der Waals surface area contributed by atoms with E-state index in [4.69, 9.17) is 30.5 Å². The number of methoxy groups -OCH3 is 3. The molecule has 2 unspecified atom stereocenters. The smallest absolute Gasteiger partial charge is 0.410 e. The number of rotatable bonds is 9. The van der Waals surface area contributed by atoms with Crippen LogP contribution >= 0.6 is 11.6 Å². The van der Waals surface area contributed by atoms with E-state index >= 15 is 0 Å². The number of amides is 3. The summed E-state index contributed by atoms with van der Waals surface area (Å²) >= 11 is 6.02. The molecule has 1 aliphatic carbocycles. The van der Waals surface area contributed by atoms with Gasteiger partial charge in [0, 0.05) is 23.7 Å². The quantitative estimate of drug-likeness (QED) is 0.406. The van der Waals surface area contributed by atoms with E-state index in [0.29, 0.717) is 40.9 Å². The SMILES string of the molecule is COc1cc(NC(=O)NC2CCCC2N(CCc2ccc(Cl)cc2)C(=O)OC(C)(C)C)cc(OC)c1OC. The maximum atomic E-state index is 13.3. The Morgan fingerprint density at radius 2 is 1.63 bits per heavy atom. The van der Waals surface area contributed by atoms with E-state index in [1.807, 2.05) is 45.0 Å². The fourth-order valence-corrected chi connectivity index (χ4v) is 4.71. The highest BCUT2D eigenvalue weighted by molar-refractivity contribution is 6.30. The summed E-state index contributed by atoms with van der Waals surface area (Å²) in [7, 11) is 4.54. The second kappa shape index (κ2) is 13.0. The van der Waals surface area contributed by atoms with E-state index < -0.39 is 17.7 Å². The van der Waals surface area contributed by atoms with Gasteiger partial charge in [-0.25, -0.2) is 9.59 Å². The molecule has 0 spiro atoms. The van der Waals surface area contributed by atoms with Crippen LogP contribution in [0.15, 0.2) is 36.4 Å². The highest BCUT2D eigenvalue weighted by Gasteiger charge is 2.37. The molecule has 208 valence electrons. The van der Waals surface area contributed by atoms with Gasteiger partial charge in [0.1, 0.15) is 5.60 Å². The van der Waals surface area contributed by atoms with Crippen LogP contribution in [0.25, 0.3) is 0 Å². The summed E-state index contributed by atoms with van der Waals surface area (Å²) < 4.78 is 21.8. The molecule has 1 aliphatic rings. The van der Waals surface area contributed by atoms with Gasteiger partial charge in [-0.3, -0.25) is 0 Å². The minimum Gasteiger partial charge on any atom is -0.493 e. The molecule has 38 heavy (non-hydrogen) atoms. The van der Waals surface area contributed by atoms with Crippen LogP contribution in [0.2, 0.25) is 5.02 Å². The molecular formula is C28H38ClN3O6. The average molecular weight is 548 g/mol. The number of urea groups is 1. The highest BCUT2D eigenvalue weighted by atomic mass is 35.5. The van der Waals surface area contributed by atoms with E-state index in [-0.39, 0.29) is 12.1 Å². The number of hydrogen-bond acceptors (Lipinski definition) is 6. The van der Waals surface area contributed by atoms with Crippen molar-refractivity contribution in [2.75, 3.05) is 33.2 Å². The number of nitrogens with zero attached hydrogens (tertiary/aromatic N) is 1. The van der Waals surface area contributed by atoms with Crippen molar-refractivity contribution in [2.45, 2.75) is 64.1 Å². The van der Waals surface area contributed by atoms with Crippen molar-refractivity contribution in [2.24, 2.45) is 0 Å². The highest BCUT2D eigenvalue weighted by Crippen LogP contribution is 2.40. The lowest BCUT2D eigenvalue weighted by Crippen LogP contribution is -2.53. The molecule has 1 saturated carbocycles. The fraction of sp³-hybridized carbons (Fsp3) is 0.500. The standard InChI is InChI=1S/C28H38ClN3O6/c1-28(2,3)38-27(34)32(15-14-18-10-12-19(29)13-11-18)22-9-7-8-21(22)31-26(33)30-20-16-23(35-4)25(37-6)24(17-20)36-5/h10-13,16-17,21-22H,7-9,14-15H2,1-6H3,(H2,30,31,33). The van der Waals surface area contributed by atoms with Gasteiger partial charge in [-0.2, -0.15) is 0 Å². The van der Waals surface area contributed by atoms with Crippen molar-refractivity contribution in [1.29, 1.82) is 0 Å². The first-order chi connectivity index (χ1) is 18.0. The van der Waals surface area contributed by atoms with Crippen LogP contribution in [0.5, 0.6) is 17.2 Å². The first-order valence-electron chi connectivity index (χ1n) is 12.7. The Kier molecular flexibility index (Phi) is 9.96. The van der Waals surface area contributed by atoms with Gasteiger partial charge in [-0.1, -0.05) is 23.7 Å². The minimum atomic E-state index is -0.638. The molecule has 1 fully saturated rings. The van der Waals surface area contributed by atoms with E-state index in [1.54, 1.807) is 17.0 Å². The molecule has 9 nitrogen and oxygen atoms in total. The zero-order valence-electron chi connectivity index (χ0n) is 22.9. The van der Waals surface area contributed by atoms with Crippen LogP contribution < -0.4 is 24.8 Å². The van der Waals surface area contributed by atoms with Crippen molar-refractivity contribution in [3.05, 3.63) is 47.0 Å². The Labute approximate surface area is 229 Å². The van der Waals surface area contributed by atoms with E-state index in [2.05, 4.69) is 10.6 Å². The monoisotopic (exact) mass is 547 g/mol. The summed E-state index contributed by atoms with van der Waals surface area (Å²) in [5, 5.41) is 6.56. The van der Waals surface area contributed by atoms with Crippen LogP contribution in [0.1, 0.15) is 45.6 Å². The molecule has 0 heterocycles. The zero-order valence-corrected chi connectivity index (χ0v) is 23.7. The number of halogens is 1. The molecule has 2 atom stereocenters. The normalized spacial score (nSPS) is 16.9. The second-order valence-corrected chi connectivity index (χ2v) is 10.6. The summed E-state index contributed by atoms with van der Waals surface area (Å²) in [6, 6.07) is 10.0. The molecule has 3 rings (SSSR count). The molecule has 0 saturated heterocycles. The van der Waals surface area contributed by atoms with Gasteiger partial charge in [-0.05, 0) is 64.2 Å². The number of anilines is 1. The number of carbonyl (C=O) groups excluding carboxylic acids is 2. The molecule has 0 aromatic heterocycles. The second-order valence-electron chi connectivity index (χ2n) is 10.2. The number of benzene rings is 2. The first kappa shape index (κ1) is 29.2. The molecule has 0 radical (unpaired) electrons. The molecule has 2 N–H and O–H groups in total. The average Bonchev–Trinajstić information content (AvgIpc) is 3.30. The van der Waals surface area contributed by atoms with Gasteiger partial charge in [0.25, 0.3) is 0 Å². The first-order valence-corrected chi connectivity index (χ1v) is 13.0. The predicted molar refractivity (Wildman–Crippen MR) is 148 cm³/mol. The van der Waals surface area contributed by atoms with Crippen LogP contribution in [-0.4, -0.2) is 62.6 Å². The Hall–Kier alpha value is -3.33. The van der Waals surface area contributed by atoms with Crippen LogP contribution in [-0.2, 0) is 11.2 Å². The third-order valence-electron chi connectivity index (χ3n) is 6.30. The van der Waals surface area contributed by atoms with Crippen molar-refractivity contribution in [1.82, 2.24) is 10.2 Å². The number of ether oxygens (including phenoxy) is 4. The van der Waals surface area contributed by atoms with Gasteiger partial charge in [0.05, 0.1) is 39.1 Å². The molecule has 0 bridgehead atoms. The van der Waals surface area contributed by atoms with E-state index in [1.165, 1.54) is 21.3 Å². The van der Waals surface area contributed by atoms with Crippen LogP contribution in [0.3, 0.4) is 0 Å². The van der Waals surface area contributed by atoms with Crippen molar-refractivity contribution >= 4 is 29.4 Å². The zero-order chi connectivity index (χ0) is 27.9. The van der Waals surface area contributed by atoms with Crippen LogP contribution in [0.4, 0.5) is 15.3 Å². The maximum Gasteiger partial charge on any atom is 0.410 e. The molecule has 3 amide bonds. The number of carbonyl (C=O) groups is 2. The lowest BCUT2D eigenvalue weighted by Gasteiger charge is -2.35. The Balaban J connectivity index is 1.74. The lowest BCUT2D eigenvalue weighted by molar-refractivity contribution is 0.0145. The van der Waals surface area contributed by atoms with Gasteiger partial charge in [-0.15, -0.1) is 0 Å². The maximum absolute atomic E-state index is 13.3. The summed E-state index contributed by atoms with van der Waals surface area (Å²) in [4.78, 5) is 28.0. The molecule has 10 heteroatoms. The molecule has 2 aromatic carbocycles. The Bertz CT molecular complexity index is 1080. The number of nitrogens with one attached hydrogen (secondary N) is 2. The summed E-state index contributed by atoms with van der Waals surface area (Å²) in [5.41, 5.74) is 0.907. The summed E-state index contributed by atoms with van der Waals surface area (Å²) in [5.74, 6) is 1.30. The topological polar surface area (TPSA) is 98.4 Å². The van der Waals surface area contributed by atoms with Crippen molar-refractivity contribution in [3.63, 3.8) is 0 Å². The third-order valence-corrected chi connectivity index (χ3v) is 6.55. The number of hydrogen-bond donors (Lipinski definition) is 2. The van der Waals surface area contributed by atoms with Gasteiger partial charge >= 0.3 is 12.1 Å². The summed E-state index contributed by atoms with van der Waals surface area (Å²) in [6.45, 7) is 5.99. The summed E-state index contributed by atoms with van der Waals surface area (Å²) in [6.07, 6.45) is 2.62. The molecule has 2 aromatic rings. The lowest BCUT2D eigenvalue weighted by atomic mass is 10.1. The van der Waals surface area contributed by atoms with Gasteiger partial charge < -0.3 is 34.5 Å². The largest absolute Gasteiger partial charge is 0.493 e. The van der Waals surface area contributed by atoms with Gasteiger partial charge in [0.2, 0.25) is 5.75 Å². The fourth-order valence-electron chi connectivity index (χ4n) is 4.58. The van der Waals surface area contributed by atoms with Crippen LogP contribution in [0, 0.1) is 0 Å². The van der Waals surface area contributed by atoms with Crippen molar-refractivity contribution < 1.29 is 28.5 Å². The Morgan fingerprint density at radius 3 is 2.18 bits per heavy atom. The van der Waals surface area contributed by atoms with E-state index in [0.717, 1.165) is 24.8 Å². The minimum absolute atomic E-state index is 0.206. The van der Waals surface area contributed by atoms with Gasteiger partial charge in [0.15, 0.2) is 11.5 Å². The molecular weight excluding hydrogens is 510 g/mol. The Morgan fingerprint density at radius 1 is 1.00 bits per heavy atom. The third kappa shape index (κ3) is 7.84. The predicted octanol–water partition coefficient (Wildman–Crippen LogP) is 5.89.